The highest BCUT2D eigenvalue weighted by Gasteiger charge is 2.09. The van der Waals surface area contributed by atoms with Gasteiger partial charge in [0, 0.05) is 6.54 Å². The fraction of sp³-hybridized carbons (Fsp3) is 0.600. The molecule has 1 rings (SSSR count). The Balaban J connectivity index is 2.68. The first-order valence-corrected chi connectivity index (χ1v) is 5.12. The molecule has 0 aliphatic carbocycles. The van der Waals surface area contributed by atoms with Crippen LogP contribution in [0.3, 0.4) is 0 Å². The Kier molecular flexibility index (Phi) is 4.42. The second-order valence-corrected chi connectivity index (χ2v) is 3.56. The highest BCUT2D eigenvalue weighted by atomic mass is 19.1. The number of aryl methyl sites for hydroxylation is 1. The van der Waals surface area contributed by atoms with E-state index in [0.717, 1.165) is 0 Å². The minimum absolute atomic E-state index is 0.266. The number of nitrogens with one attached hydrogen (secondary N) is 1. The van der Waals surface area contributed by atoms with E-state index in [1.165, 1.54) is 6.33 Å². The zero-order valence-electron chi connectivity index (χ0n) is 9.13. The lowest BCUT2D eigenvalue weighted by atomic mass is 10.2. The molecule has 5 heteroatoms. The Morgan fingerprint density at radius 3 is 2.87 bits per heavy atom. The van der Waals surface area contributed by atoms with Gasteiger partial charge in [0.2, 0.25) is 0 Å². The van der Waals surface area contributed by atoms with Gasteiger partial charge in [-0.2, -0.15) is 0 Å². The predicted octanol–water partition coefficient (Wildman–Crippen LogP) is 1.18. The molecule has 1 atom stereocenters. The number of nitrogens with zero attached hydrogens (tertiary/aromatic N) is 2. The Bertz CT molecular complexity index is 316. The molecule has 4 nitrogen and oxygen atoms in total. The number of hydrogen-bond acceptors (Lipinski definition) is 4. The van der Waals surface area contributed by atoms with Crippen LogP contribution in [0.5, 0.6) is 0 Å². The van der Waals surface area contributed by atoms with Crippen molar-refractivity contribution in [1.29, 1.82) is 0 Å². The van der Waals surface area contributed by atoms with Crippen LogP contribution in [0, 0.1) is 11.7 Å². The molecule has 0 spiro atoms. The molecule has 0 saturated heterocycles. The number of aromatic nitrogens is 2. The van der Waals surface area contributed by atoms with Crippen LogP contribution in [0.15, 0.2) is 6.33 Å². The molecule has 0 amide bonds. The fourth-order valence-electron chi connectivity index (χ4n) is 1.13. The smallest absolute Gasteiger partial charge is 0.186 e. The molecule has 0 aliphatic heterocycles. The minimum Gasteiger partial charge on any atom is -0.367 e. The van der Waals surface area contributed by atoms with Gasteiger partial charge >= 0.3 is 0 Å². The summed E-state index contributed by atoms with van der Waals surface area (Å²) in [5, 5.41) is 2.93. The largest absolute Gasteiger partial charge is 0.367 e. The molecule has 3 N–H and O–H groups in total. The van der Waals surface area contributed by atoms with E-state index in [1.807, 2.05) is 13.8 Å². The summed E-state index contributed by atoms with van der Waals surface area (Å²) in [6, 6.07) is 0. The minimum atomic E-state index is -0.357. The first-order valence-electron chi connectivity index (χ1n) is 5.12. The number of nitrogens with two attached hydrogens (primary N) is 1. The summed E-state index contributed by atoms with van der Waals surface area (Å²) in [5.41, 5.74) is 5.90. The van der Waals surface area contributed by atoms with Crippen LogP contribution in [-0.2, 0) is 6.42 Å². The fourth-order valence-corrected chi connectivity index (χ4v) is 1.13. The van der Waals surface area contributed by atoms with Gasteiger partial charge in [0.1, 0.15) is 6.33 Å². The first kappa shape index (κ1) is 11.8. The van der Waals surface area contributed by atoms with Gasteiger partial charge in [-0.25, -0.2) is 14.4 Å². The van der Waals surface area contributed by atoms with Crippen molar-refractivity contribution in [1.82, 2.24) is 9.97 Å². The van der Waals surface area contributed by atoms with E-state index in [-0.39, 0.29) is 11.6 Å². The van der Waals surface area contributed by atoms with Gasteiger partial charge in [-0.05, 0) is 18.9 Å². The van der Waals surface area contributed by atoms with Gasteiger partial charge in [0.25, 0.3) is 0 Å². The number of halogens is 1. The average molecular weight is 212 g/mol. The monoisotopic (exact) mass is 212 g/mol. The maximum Gasteiger partial charge on any atom is 0.186 e. The van der Waals surface area contributed by atoms with Gasteiger partial charge in [-0.15, -0.1) is 0 Å². The highest BCUT2D eigenvalue weighted by molar-refractivity contribution is 5.37. The summed E-state index contributed by atoms with van der Waals surface area (Å²) in [7, 11) is 0. The molecule has 15 heavy (non-hydrogen) atoms. The van der Waals surface area contributed by atoms with E-state index < -0.39 is 0 Å². The van der Waals surface area contributed by atoms with Crippen molar-refractivity contribution in [2.45, 2.75) is 20.3 Å². The number of anilines is 1. The second kappa shape index (κ2) is 5.60. The lowest BCUT2D eigenvalue weighted by Gasteiger charge is -2.11. The van der Waals surface area contributed by atoms with Crippen molar-refractivity contribution in [3.8, 4) is 0 Å². The van der Waals surface area contributed by atoms with Crippen LogP contribution < -0.4 is 11.1 Å². The van der Waals surface area contributed by atoms with Crippen molar-refractivity contribution >= 4 is 5.82 Å². The third-order valence-corrected chi connectivity index (χ3v) is 2.22. The predicted molar refractivity (Wildman–Crippen MR) is 58.1 cm³/mol. The third-order valence-electron chi connectivity index (χ3n) is 2.22. The van der Waals surface area contributed by atoms with Crippen LogP contribution in [0.25, 0.3) is 0 Å². The van der Waals surface area contributed by atoms with E-state index in [2.05, 4.69) is 15.3 Å². The Labute approximate surface area is 89.1 Å². The molecular weight excluding hydrogens is 195 g/mol. The summed E-state index contributed by atoms with van der Waals surface area (Å²) in [4.78, 5) is 7.71. The van der Waals surface area contributed by atoms with Crippen LogP contribution in [0.4, 0.5) is 10.2 Å². The molecule has 0 bridgehead atoms. The average Bonchev–Trinajstić information content (AvgIpc) is 2.27. The topological polar surface area (TPSA) is 63.8 Å². The molecule has 84 valence electrons. The van der Waals surface area contributed by atoms with Gasteiger partial charge < -0.3 is 11.1 Å². The highest BCUT2D eigenvalue weighted by Crippen LogP contribution is 2.13. The maximum absolute atomic E-state index is 13.6. The molecule has 0 radical (unpaired) electrons. The molecule has 1 unspecified atom stereocenters. The van der Waals surface area contributed by atoms with Crippen molar-refractivity contribution in [3.63, 3.8) is 0 Å². The van der Waals surface area contributed by atoms with E-state index >= 15 is 0 Å². The Morgan fingerprint density at radius 2 is 2.27 bits per heavy atom. The maximum atomic E-state index is 13.6. The van der Waals surface area contributed by atoms with Crippen LogP contribution >= 0.6 is 0 Å². The SMILES string of the molecule is CCc1ncnc(NCC(C)CN)c1F. The number of hydrogen-bond donors (Lipinski definition) is 2. The molecular formula is C10H17FN4. The molecule has 1 aromatic rings. The van der Waals surface area contributed by atoms with E-state index in [9.17, 15) is 4.39 Å². The molecule has 0 fully saturated rings. The van der Waals surface area contributed by atoms with Gasteiger partial charge in [-0.3, -0.25) is 0 Å². The lowest BCUT2D eigenvalue weighted by Crippen LogP contribution is -2.21. The Morgan fingerprint density at radius 1 is 1.53 bits per heavy atom. The van der Waals surface area contributed by atoms with E-state index in [0.29, 0.717) is 31.1 Å². The van der Waals surface area contributed by atoms with Crippen molar-refractivity contribution in [2.24, 2.45) is 11.7 Å². The standard InChI is InChI=1S/C10H17FN4/c1-3-8-9(11)10(15-6-14-8)13-5-7(2)4-12/h6-7H,3-5,12H2,1-2H3,(H,13,14,15). The summed E-state index contributed by atoms with van der Waals surface area (Å²) < 4.78 is 13.6. The van der Waals surface area contributed by atoms with Crippen molar-refractivity contribution in [2.75, 3.05) is 18.4 Å². The van der Waals surface area contributed by atoms with Crippen molar-refractivity contribution < 1.29 is 4.39 Å². The third kappa shape index (κ3) is 3.13. The summed E-state index contributed by atoms with van der Waals surface area (Å²) in [6.45, 7) is 5.04. The van der Waals surface area contributed by atoms with Gasteiger partial charge in [-0.1, -0.05) is 13.8 Å². The van der Waals surface area contributed by atoms with E-state index in [1.54, 1.807) is 0 Å². The Hall–Kier alpha value is -1.23. The first-order chi connectivity index (χ1) is 7.19. The lowest BCUT2D eigenvalue weighted by molar-refractivity contribution is 0.586. The van der Waals surface area contributed by atoms with E-state index in [4.69, 9.17) is 5.73 Å². The molecule has 1 aromatic heterocycles. The molecule has 0 saturated carbocycles. The summed E-state index contributed by atoms with van der Waals surface area (Å²) in [5.74, 6) is 0.204. The quantitative estimate of drug-likeness (QED) is 0.769. The molecule has 0 aromatic carbocycles. The second-order valence-electron chi connectivity index (χ2n) is 3.56. The van der Waals surface area contributed by atoms with Crippen LogP contribution in [-0.4, -0.2) is 23.1 Å². The van der Waals surface area contributed by atoms with Crippen molar-refractivity contribution in [3.05, 3.63) is 17.8 Å². The van der Waals surface area contributed by atoms with Crippen LogP contribution in [0.1, 0.15) is 19.5 Å². The molecule has 0 aliphatic rings. The van der Waals surface area contributed by atoms with Crippen LogP contribution in [0.2, 0.25) is 0 Å². The number of rotatable bonds is 5. The summed E-state index contributed by atoms with van der Waals surface area (Å²) >= 11 is 0. The normalized spacial score (nSPS) is 12.5. The zero-order chi connectivity index (χ0) is 11.3. The zero-order valence-corrected chi connectivity index (χ0v) is 9.13. The summed E-state index contributed by atoms with van der Waals surface area (Å²) in [6.07, 6.45) is 1.94. The van der Waals surface area contributed by atoms with Gasteiger partial charge in [0.05, 0.1) is 5.69 Å². The molecule has 1 heterocycles. The van der Waals surface area contributed by atoms with Gasteiger partial charge in [0.15, 0.2) is 11.6 Å².